The van der Waals surface area contributed by atoms with E-state index in [-0.39, 0.29) is 17.9 Å². The summed E-state index contributed by atoms with van der Waals surface area (Å²) in [5, 5.41) is 9.23. The third kappa shape index (κ3) is 4.70. The van der Waals surface area contributed by atoms with E-state index in [1.165, 1.54) is 12.1 Å². The number of nitrogens with zero attached hydrogens (tertiary/aromatic N) is 1. The molecule has 2 aromatic rings. The van der Waals surface area contributed by atoms with E-state index >= 15 is 0 Å². The van der Waals surface area contributed by atoms with Gasteiger partial charge in [0.2, 0.25) is 5.91 Å². The van der Waals surface area contributed by atoms with E-state index in [0.717, 1.165) is 24.5 Å². The van der Waals surface area contributed by atoms with E-state index in [4.69, 9.17) is 0 Å². The summed E-state index contributed by atoms with van der Waals surface area (Å²) in [5.41, 5.74) is 1.42. The summed E-state index contributed by atoms with van der Waals surface area (Å²) in [5.74, 6) is -2.50. The second kappa shape index (κ2) is 8.29. The highest BCUT2D eigenvalue weighted by molar-refractivity contribution is 5.91. The highest BCUT2D eigenvalue weighted by atomic mass is 19.2. The fraction of sp³-hybridized carbons (Fsp3) is 0.333. The zero-order valence-corrected chi connectivity index (χ0v) is 14.8. The molecule has 1 saturated heterocycles. The van der Waals surface area contributed by atoms with Crippen molar-refractivity contribution in [2.24, 2.45) is 5.92 Å². The van der Waals surface area contributed by atoms with Gasteiger partial charge in [0.25, 0.3) is 0 Å². The van der Waals surface area contributed by atoms with Gasteiger partial charge in [-0.05, 0) is 54.5 Å². The number of likely N-dealkylation sites (tertiary alicyclic amines) is 1. The van der Waals surface area contributed by atoms with Crippen molar-refractivity contribution in [3.63, 3.8) is 0 Å². The molecule has 6 heteroatoms. The number of carbonyl (C=O) groups excluding carboxylic acids is 1. The van der Waals surface area contributed by atoms with Crippen molar-refractivity contribution in [1.29, 1.82) is 0 Å². The van der Waals surface area contributed by atoms with E-state index in [1.54, 1.807) is 29.2 Å². The summed E-state index contributed by atoms with van der Waals surface area (Å²) in [4.78, 5) is 25.5. The molecule has 0 atom stereocenters. The summed E-state index contributed by atoms with van der Waals surface area (Å²) in [6.07, 6.45) is 2.29. The maximum Gasteiger partial charge on any atom is 0.335 e. The van der Waals surface area contributed by atoms with Crippen LogP contribution >= 0.6 is 0 Å². The van der Waals surface area contributed by atoms with Gasteiger partial charge in [-0.15, -0.1) is 0 Å². The van der Waals surface area contributed by atoms with E-state index in [2.05, 4.69) is 0 Å². The predicted molar refractivity (Wildman–Crippen MR) is 96.5 cm³/mol. The first-order chi connectivity index (χ1) is 12.9. The van der Waals surface area contributed by atoms with Crippen LogP contribution in [-0.4, -0.2) is 35.0 Å². The molecule has 3 rings (SSSR count). The molecule has 1 amide bonds. The van der Waals surface area contributed by atoms with Crippen LogP contribution in [-0.2, 0) is 17.6 Å². The van der Waals surface area contributed by atoms with Gasteiger partial charge in [0, 0.05) is 13.1 Å². The molecule has 0 saturated carbocycles. The van der Waals surface area contributed by atoms with Crippen LogP contribution < -0.4 is 0 Å². The molecule has 27 heavy (non-hydrogen) atoms. The third-order valence-electron chi connectivity index (χ3n) is 5.07. The van der Waals surface area contributed by atoms with Gasteiger partial charge in [0.15, 0.2) is 11.6 Å². The van der Waals surface area contributed by atoms with E-state index < -0.39 is 17.6 Å². The van der Waals surface area contributed by atoms with E-state index in [1.807, 2.05) is 0 Å². The highest BCUT2D eigenvalue weighted by Crippen LogP contribution is 2.23. The Morgan fingerprint density at radius 1 is 1.04 bits per heavy atom. The number of aromatic carboxylic acids is 1. The van der Waals surface area contributed by atoms with Crippen LogP contribution in [0.3, 0.4) is 0 Å². The second-order valence-corrected chi connectivity index (χ2v) is 6.92. The van der Waals surface area contributed by atoms with Crippen molar-refractivity contribution >= 4 is 11.9 Å². The maximum absolute atomic E-state index is 13.3. The molecule has 0 spiro atoms. The summed E-state index contributed by atoms with van der Waals surface area (Å²) >= 11 is 0. The molecule has 142 valence electrons. The van der Waals surface area contributed by atoms with Crippen molar-refractivity contribution in [3.05, 3.63) is 70.8 Å². The molecule has 0 radical (unpaired) electrons. The number of carbonyl (C=O) groups is 2. The minimum Gasteiger partial charge on any atom is -0.478 e. The Kier molecular flexibility index (Phi) is 5.84. The molecule has 0 unspecified atom stereocenters. The van der Waals surface area contributed by atoms with Crippen LogP contribution in [0, 0.1) is 17.6 Å². The lowest BCUT2D eigenvalue weighted by molar-refractivity contribution is -0.131. The smallest absolute Gasteiger partial charge is 0.335 e. The number of piperidine rings is 1. The van der Waals surface area contributed by atoms with Gasteiger partial charge < -0.3 is 10.0 Å². The van der Waals surface area contributed by atoms with Gasteiger partial charge in [-0.1, -0.05) is 24.3 Å². The van der Waals surface area contributed by atoms with E-state index in [0.29, 0.717) is 31.0 Å². The number of rotatable bonds is 5. The van der Waals surface area contributed by atoms with Gasteiger partial charge in [0.05, 0.1) is 12.0 Å². The van der Waals surface area contributed by atoms with Crippen molar-refractivity contribution in [2.45, 2.75) is 25.7 Å². The van der Waals surface area contributed by atoms with Crippen LogP contribution in [0.1, 0.15) is 34.3 Å². The molecular weight excluding hydrogens is 352 g/mol. The number of carboxylic acid groups (broad SMARTS) is 1. The van der Waals surface area contributed by atoms with Gasteiger partial charge in [-0.25, -0.2) is 13.6 Å². The summed E-state index contributed by atoms with van der Waals surface area (Å²) < 4.78 is 26.3. The fourth-order valence-corrected chi connectivity index (χ4v) is 3.54. The molecule has 1 aliphatic heterocycles. The minimum atomic E-state index is -1.04. The van der Waals surface area contributed by atoms with Gasteiger partial charge in [-0.2, -0.15) is 0 Å². The van der Waals surface area contributed by atoms with Crippen molar-refractivity contribution in [3.8, 4) is 0 Å². The Morgan fingerprint density at radius 3 is 2.41 bits per heavy atom. The van der Waals surface area contributed by atoms with Crippen molar-refractivity contribution in [1.82, 2.24) is 4.90 Å². The first-order valence-corrected chi connectivity index (χ1v) is 8.97. The number of amides is 1. The molecular formula is C21H21F2NO3. The van der Waals surface area contributed by atoms with Crippen LogP contribution in [0.4, 0.5) is 8.78 Å². The molecule has 0 bridgehead atoms. The Labute approximate surface area is 156 Å². The lowest BCUT2D eigenvalue weighted by atomic mass is 9.90. The monoisotopic (exact) mass is 373 g/mol. The number of benzene rings is 2. The molecule has 1 N–H and O–H groups in total. The minimum absolute atomic E-state index is 0.0658. The first-order valence-electron chi connectivity index (χ1n) is 8.97. The average molecular weight is 373 g/mol. The number of hydrogen-bond donors (Lipinski definition) is 1. The molecule has 1 heterocycles. The molecule has 1 fully saturated rings. The topological polar surface area (TPSA) is 57.6 Å². The highest BCUT2D eigenvalue weighted by Gasteiger charge is 2.24. The predicted octanol–water partition coefficient (Wildman–Crippen LogP) is 3.69. The third-order valence-corrected chi connectivity index (χ3v) is 5.07. The van der Waals surface area contributed by atoms with Crippen LogP contribution in [0.5, 0.6) is 0 Å². The summed E-state index contributed by atoms with van der Waals surface area (Å²) in [6, 6.07) is 10.5. The van der Waals surface area contributed by atoms with Gasteiger partial charge in [0.1, 0.15) is 0 Å². The second-order valence-electron chi connectivity index (χ2n) is 6.92. The van der Waals surface area contributed by atoms with Crippen molar-refractivity contribution < 1.29 is 23.5 Å². The fourth-order valence-electron chi connectivity index (χ4n) is 3.54. The van der Waals surface area contributed by atoms with Crippen LogP contribution in [0.15, 0.2) is 42.5 Å². The standard InChI is InChI=1S/C21H21F2NO3/c22-18-6-5-15(12-19(18)23)11-14-7-9-24(10-8-14)20(25)13-16-3-1-2-4-17(16)21(26)27/h1-6,12,14H,7-11,13H2,(H,26,27). The summed E-state index contributed by atoms with van der Waals surface area (Å²) in [7, 11) is 0. The largest absolute Gasteiger partial charge is 0.478 e. The summed E-state index contributed by atoms with van der Waals surface area (Å²) in [6.45, 7) is 1.17. The Morgan fingerprint density at radius 2 is 1.74 bits per heavy atom. The zero-order valence-electron chi connectivity index (χ0n) is 14.8. The molecule has 1 aliphatic rings. The quantitative estimate of drug-likeness (QED) is 0.870. The van der Waals surface area contributed by atoms with E-state index in [9.17, 15) is 23.5 Å². The molecule has 0 aliphatic carbocycles. The lowest BCUT2D eigenvalue weighted by Crippen LogP contribution is -2.39. The van der Waals surface area contributed by atoms with Crippen LogP contribution in [0.25, 0.3) is 0 Å². The normalized spacial score (nSPS) is 15.0. The number of hydrogen-bond acceptors (Lipinski definition) is 2. The molecule has 4 nitrogen and oxygen atoms in total. The Bertz CT molecular complexity index is 845. The Balaban J connectivity index is 1.55. The van der Waals surface area contributed by atoms with Crippen molar-refractivity contribution in [2.75, 3.05) is 13.1 Å². The van der Waals surface area contributed by atoms with Gasteiger partial charge in [-0.3, -0.25) is 4.79 Å². The SMILES string of the molecule is O=C(O)c1ccccc1CC(=O)N1CCC(Cc2ccc(F)c(F)c2)CC1. The van der Waals surface area contributed by atoms with Crippen LogP contribution in [0.2, 0.25) is 0 Å². The lowest BCUT2D eigenvalue weighted by Gasteiger charge is -2.32. The maximum atomic E-state index is 13.3. The number of halogens is 2. The Hall–Kier alpha value is -2.76. The first kappa shape index (κ1) is 19.0. The zero-order chi connectivity index (χ0) is 19.4. The van der Waals surface area contributed by atoms with Gasteiger partial charge >= 0.3 is 5.97 Å². The molecule has 0 aromatic heterocycles. The average Bonchev–Trinajstić information content (AvgIpc) is 2.65. The molecule has 2 aromatic carbocycles. The number of carboxylic acids is 1.